The maximum atomic E-state index is 12.2. The highest BCUT2D eigenvalue weighted by molar-refractivity contribution is 5.76. The van der Waals surface area contributed by atoms with Gasteiger partial charge in [0.1, 0.15) is 6.26 Å². The number of aliphatic hydroxyl groups is 1. The molecule has 24 heavy (non-hydrogen) atoms. The molecule has 2 heterocycles. The fraction of sp³-hybridized carbons (Fsp3) is 0.588. The van der Waals surface area contributed by atoms with Crippen LogP contribution < -0.4 is 5.32 Å². The Kier molecular flexibility index (Phi) is 4.10. The van der Waals surface area contributed by atoms with E-state index in [-0.39, 0.29) is 24.5 Å². The maximum Gasteiger partial charge on any atom is 0.227 e. The number of rotatable bonds is 6. The molecule has 0 aromatic carbocycles. The number of nitrogens with zero attached hydrogens (tertiary/aromatic N) is 2. The molecule has 2 fully saturated rings. The Balaban J connectivity index is 1.31. The molecule has 1 amide bonds. The van der Waals surface area contributed by atoms with Crippen LogP contribution in [0.2, 0.25) is 0 Å². The lowest BCUT2D eigenvalue weighted by Gasteiger charge is -2.30. The van der Waals surface area contributed by atoms with Crippen molar-refractivity contribution in [2.24, 2.45) is 17.8 Å². The van der Waals surface area contributed by atoms with Gasteiger partial charge in [-0.1, -0.05) is 5.16 Å². The first-order valence-electron chi connectivity index (χ1n) is 8.50. The lowest BCUT2D eigenvalue weighted by molar-refractivity contribution is -0.122. The summed E-state index contributed by atoms with van der Waals surface area (Å²) in [6.07, 6.45) is 7.27. The van der Waals surface area contributed by atoms with Crippen molar-refractivity contribution in [3.05, 3.63) is 24.5 Å². The summed E-state index contributed by atoms with van der Waals surface area (Å²) in [4.78, 5) is 16.5. The van der Waals surface area contributed by atoms with Crippen LogP contribution in [-0.4, -0.2) is 33.8 Å². The van der Waals surface area contributed by atoms with Crippen molar-refractivity contribution in [3.63, 3.8) is 0 Å². The molecule has 2 aromatic rings. The molecular formula is C17H21N3O4. The first-order valence-corrected chi connectivity index (χ1v) is 8.50. The third-order valence-corrected chi connectivity index (χ3v) is 5.44. The first kappa shape index (κ1) is 15.4. The lowest BCUT2D eigenvalue weighted by atomic mass is 9.85. The van der Waals surface area contributed by atoms with E-state index in [0.29, 0.717) is 36.4 Å². The van der Waals surface area contributed by atoms with Crippen molar-refractivity contribution in [2.75, 3.05) is 6.61 Å². The zero-order valence-electron chi connectivity index (χ0n) is 13.4. The van der Waals surface area contributed by atoms with Crippen LogP contribution in [-0.2, 0) is 11.2 Å². The van der Waals surface area contributed by atoms with Crippen LogP contribution in [0.15, 0.2) is 27.5 Å². The summed E-state index contributed by atoms with van der Waals surface area (Å²) in [5.74, 6) is 2.18. The molecule has 2 N–H and O–H groups in total. The fourth-order valence-electron chi connectivity index (χ4n) is 4.24. The highest BCUT2D eigenvalue weighted by atomic mass is 16.5. The normalized spacial score (nSPS) is 28.4. The highest BCUT2D eigenvalue weighted by Gasteiger charge is 2.47. The molecule has 0 radical (unpaired) electrons. The van der Waals surface area contributed by atoms with E-state index in [1.807, 2.05) is 0 Å². The molecule has 4 atom stereocenters. The molecule has 2 aliphatic rings. The smallest absolute Gasteiger partial charge is 0.227 e. The molecule has 2 saturated carbocycles. The van der Waals surface area contributed by atoms with Gasteiger partial charge in [-0.25, -0.2) is 0 Å². The zero-order valence-corrected chi connectivity index (χ0v) is 13.4. The van der Waals surface area contributed by atoms with Gasteiger partial charge < -0.3 is 19.4 Å². The molecule has 0 saturated heterocycles. The topological polar surface area (TPSA) is 101 Å². The summed E-state index contributed by atoms with van der Waals surface area (Å²) in [6.45, 7) is 0.157. The van der Waals surface area contributed by atoms with E-state index in [1.165, 1.54) is 6.42 Å². The number of aliphatic hydroxyl groups excluding tert-OH is 1. The number of aryl methyl sites for hydroxylation is 1. The molecule has 2 bridgehead atoms. The average Bonchev–Trinajstić information content (AvgIpc) is 3.36. The summed E-state index contributed by atoms with van der Waals surface area (Å²) in [6, 6.07) is 1.87. The molecule has 4 unspecified atom stereocenters. The van der Waals surface area contributed by atoms with Crippen LogP contribution >= 0.6 is 0 Å². The van der Waals surface area contributed by atoms with Crippen LogP contribution in [0.25, 0.3) is 11.4 Å². The van der Waals surface area contributed by atoms with Gasteiger partial charge in [0.25, 0.3) is 0 Å². The number of hydrogen-bond donors (Lipinski definition) is 2. The number of carbonyl (C=O) groups excluding carboxylic acids is 1. The quantitative estimate of drug-likeness (QED) is 0.837. The Morgan fingerprint density at radius 1 is 1.38 bits per heavy atom. The summed E-state index contributed by atoms with van der Waals surface area (Å²) in [7, 11) is 0. The number of amides is 1. The lowest BCUT2D eigenvalue weighted by Crippen LogP contribution is -2.45. The van der Waals surface area contributed by atoms with Crippen molar-refractivity contribution < 1.29 is 18.8 Å². The maximum absolute atomic E-state index is 12.2. The Morgan fingerprint density at radius 3 is 3.04 bits per heavy atom. The third kappa shape index (κ3) is 2.84. The second-order valence-corrected chi connectivity index (χ2v) is 6.80. The average molecular weight is 331 g/mol. The predicted octanol–water partition coefficient (Wildman–Crippen LogP) is 1.79. The van der Waals surface area contributed by atoms with Gasteiger partial charge in [0, 0.05) is 31.4 Å². The van der Waals surface area contributed by atoms with Crippen molar-refractivity contribution in [2.45, 2.75) is 38.1 Å². The van der Waals surface area contributed by atoms with Gasteiger partial charge in [0.2, 0.25) is 17.6 Å². The summed E-state index contributed by atoms with van der Waals surface area (Å²) < 4.78 is 10.2. The molecule has 7 nitrogen and oxygen atoms in total. The molecule has 128 valence electrons. The Labute approximate surface area is 139 Å². The molecule has 0 spiro atoms. The van der Waals surface area contributed by atoms with E-state index in [2.05, 4.69) is 15.5 Å². The minimum Gasteiger partial charge on any atom is -0.472 e. The summed E-state index contributed by atoms with van der Waals surface area (Å²) in [5.41, 5.74) is 0.752. The van der Waals surface area contributed by atoms with Crippen LogP contribution in [0, 0.1) is 17.8 Å². The van der Waals surface area contributed by atoms with E-state index in [1.54, 1.807) is 18.6 Å². The Hall–Kier alpha value is -2.15. The van der Waals surface area contributed by atoms with Crippen molar-refractivity contribution >= 4 is 5.91 Å². The van der Waals surface area contributed by atoms with Gasteiger partial charge in [-0.15, -0.1) is 0 Å². The SMILES string of the molecule is O=C(CCc1nc(-c2ccoc2)no1)NC1C2CCC(C2)C1CO. The molecule has 2 aromatic heterocycles. The molecule has 2 aliphatic carbocycles. The van der Waals surface area contributed by atoms with E-state index >= 15 is 0 Å². The second-order valence-electron chi connectivity index (χ2n) is 6.80. The number of nitrogens with one attached hydrogen (secondary N) is 1. The van der Waals surface area contributed by atoms with E-state index < -0.39 is 0 Å². The number of hydrogen-bond acceptors (Lipinski definition) is 6. The van der Waals surface area contributed by atoms with Crippen LogP contribution in [0.3, 0.4) is 0 Å². The van der Waals surface area contributed by atoms with Gasteiger partial charge in [-0.3, -0.25) is 4.79 Å². The third-order valence-electron chi connectivity index (χ3n) is 5.44. The predicted molar refractivity (Wildman–Crippen MR) is 83.7 cm³/mol. The van der Waals surface area contributed by atoms with Gasteiger partial charge >= 0.3 is 0 Å². The minimum absolute atomic E-state index is 0.0194. The molecule has 4 rings (SSSR count). The number of aromatic nitrogens is 2. The van der Waals surface area contributed by atoms with Crippen LogP contribution in [0.5, 0.6) is 0 Å². The number of carbonyl (C=O) groups is 1. The molecule has 7 heteroatoms. The number of furan rings is 1. The molecular weight excluding hydrogens is 310 g/mol. The van der Waals surface area contributed by atoms with Gasteiger partial charge in [-0.05, 0) is 37.2 Å². The van der Waals surface area contributed by atoms with Crippen molar-refractivity contribution in [1.29, 1.82) is 0 Å². The van der Waals surface area contributed by atoms with E-state index in [0.717, 1.165) is 18.4 Å². The van der Waals surface area contributed by atoms with Gasteiger partial charge in [0.15, 0.2) is 0 Å². The fourth-order valence-corrected chi connectivity index (χ4v) is 4.24. The van der Waals surface area contributed by atoms with Gasteiger partial charge in [-0.2, -0.15) is 4.98 Å². The highest BCUT2D eigenvalue weighted by Crippen LogP contribution is 2.48. The monoisotopic (exact) mass is 331 g/mol. The second kappa shape index (κ2) is 6.39. The van der Waals surface area contributed by atoms with E-state index in [4.69, 9.17) is 8.94 Å². The molecule has 0 aliphatic heterocycles. The van der Waals surface area contributed by atoms with Gasteiger partial charge in [0.05, 0.1) is 11.8 Å². The number of fused-ring (bicyclic) bond motifs is 2. The Morgan fingerprint density at radius 2 is 2.25 bits per heavy atom. The summed E-state index contributed by atoms with van der Waals surface area (Å²) >= 11 is 0. The van der Waals surface area contributed by atoms with E-state index in [9.17, 15) is 9.90 Å². The van der Waals surface area contributed by atoms with Crippen LogP contribution in [0.1, 0.15) is 31.6 Å². The standard InChI is InChI=1S/C17H21N3O4/c21-8-13-10-1-2-11(7-10)16(13)18-14(22)3-4-15-19-17(20-24-15)12-5-6-23-9-12/h5-6,9-11,13,16,21H,1-4,7-8H2,(H,18,22). The van der Waals surface area contributed by atoms with Crippen LogP contribution in [0.4, 0.5) is 0 Å². The minimum atomic E-state index is -0.0194. The first-order chi connectivity index (χ1) is 11.7. The van der Waals surface area contributed by atoms with Crippen molar-refractivity contribution in [3.8, 4) is 11.4 Å². The largest absolute Gasteiger partial charge is 0.472 e. The Bertz CT molecular complexity index is 697. The zero-order chi connectivity index (χ0) is 16.5. The summed E-state index contributed by atoms with van der Waals surface area (Å²) in [5, 5.41) is 16.6. The van der Waals surface area contributed by atoms with Crippen molar-refractivity contribution in [1.82, 2.24) is 15.5 Å².